The number of hydrogen-bond acceptors (Lipinski definition) is 3. The average Bonchev–Trinajstić information content (AvgIpc) is 2.67. The fourth-order valence-corrected chi connectivity index (χ4v) is 4.87. The van der Waals surface area contributed by atoms with E-state index < -0.39 is 10.0 Å². The second-order valence-electron chi connectivity index (χ2n) is 6.17. The maximum Gasteiger partial charge on any atom is 0.216 e. The Morgan fingerprint density at radius 2 is 1.90 bits per heavy atom. The standard InChI is InChI=1S/C15H22N2O2S.ClH/c1-11-3-2-4-12(7-11)10-20(18,19)17-15-8-13-5-6-14(9-15)16-13;/h2-4,7,13-17H,5-6,8-10H2,1H3;1H. The topological polar surface area (TPSA) is 58.2 Å². The SMILES string of the molecule is Cc1cccc(CS(=O)(=O)NC2CC3CCC(C2)N3)c1.Cl. The Bertz CT molecular complexity index is 579. The van der Waals surface area contributed by atoms with Gasteiger partial charge in [0, 0.05) is 18.1 Å². The lowest BCUT2D eigenvalue weighted by atomic mass is 10.0. The number of aryl methyl sites for hydroxylation is 1. The van der Waals surface area contributed by atoms with Crippen molar-refractivity contribution in [2.45, 2.75) is 56.5 Å². The molecule has 4 nitrogen and oxygen atoms in total. The van der Waals surface area contributed by atoms with E-state index in [1.165, 1.54) is 12.8 Å². The van der Waals surface area contributed by atoms with Crippen LogP contribution in [0.25, 0.3) is 0 Å². The monoisotopic (exact) mass is 330 g/mol. The third-order valence-electron chi connectivity index (χ3n) is 4.26. The van der Waals surface area contributed by atoms with Crippen LogP contribution < -0.4 is 10.0 Å². The first-order chi connectivity index (χ1) is 9.50. The number of fused-ring (bicyclic) bond motifs is 2. The molecule has 2 heterocycles. The van der Waals surface area contributed by atoms with Crippen LogP contribution in [0, 0.1) is 6.92 Å². The minimum atomic E-state index is -3.25. The molecule has 2 bridgehead atoms. The molecule has 2 atom stereocenters. The van der Waals surface area contributed by atoms with Gasteiger partial charge < -0.3 is 5.32 Å². The predicted molar refractivity (Wildman–Crippen MR) is 87.2 cm³/mol. The molecule has 1 aromatic carbocycles. The van der Waals surface area contributed by atoms with Gasteiger partial charge in [0.15, 0.2) is 0 Å². The smallest absolute Gasteiger partial charge is 0.216 e. The molecule has 0 aliphatic carbocycles. The lowest BCUT2D eigenvalue weighted by Gasteiger charge is -2.29. The molecule has 0 saturated carbocycles. The molecule has 118 valence electrons. The van der Waals surface area contributed by atoms with Crippen molar-refractivity contribution in [3.05, 3.63) is 35.4 Å². The first-order valence-corrected chi connectivity index (χ1v) is 8.97. The highest BCUT2D eigenvalue weighted by molar-refractivity contribution is 7.88. The van der Waals surface area contributed by atoms with Crippen LogP contribution in [0.2, 0.25) is 0 Å². The highest BCUT2D eigenvalue weighted by Gasteiger charge is 2.34. The Hall–Kier alpha value is -0.620. The highest BCUT2D eigenvalue weighted by atomic mass is 35.5. The van der Waals surface area contributed by atoms with Crippen LogP contribution in [0.15, 0.2) is 24.3 Å². The molecule has 0 radical (unpaired) electrons. The summed E-state index contributed by atoms with van der Waals surface area (Å²) in [4.78, 5) is 0. The summed E-state index contributed by atoms with van der Waals surface area (Å²) in [6, 6.07) is 8.80. The van der Waals surface area contributed by atoms with Crippen molar-refractivity contribution >= 4 is 22.4 Å². The number of halogens is 1. The zero-order valence-corrected chi connectivity index (χ0v) is 13.8. The molecule has 2 fully saturated rings. The van der Waals surface area contributed by atoms with E-state index in [2.05, 4.69) is 10.0 Å². The molecular formula is C15H23ClN2O2S. The molecule has 2 aliphatic rings. The van der Waals surface area contributed by atoms with E-state index in [4.69, 9.17) is 0 Å². The summed E-state index contributed by atoms with van der Waals surface area (Å²) in [6.07, 6.45) is 4.20. The maximum absolute atomic E-state index is 12.3. The van der Waals surface area contributed by atoms with Gasteiger partial charge in [0.2, 0.25) is 10.0 Å². The largest absolute Gasteiger partial charge is 0.311 e. The van der Waals surface area contributed by atoms with Crippen LogP contribution in [0.1, 0.15) is 36.8 Å². The van der Waals surface area contributed by atoms with Gasteiger partial charge in [0.1, 0.15) is 0 Å². The van der Waals surface area contributed by atoms with E-state index in [-0.39, 0.29) is 24.2 Å². The van der Waals surface area contributed by atoms with E-state index >= 15 is 0 Å². The van der Waals surface area contributed by atoms with Gasteiger partial charge in [-0.3, -0.25) is 0 Å². The van der Waals surface area contributed by atoms with Gasteiger partial charge in [-0.15, -0.1) is 12.4 Å². The summed E-state index contributed by atoms with van der Waals surface area (Å²) in [5, 5.41) is 3.53. The van der Waals surface area contributed by atoms with Crippen molar-refractivity contribution in [2.24, 2.45) is 0 Å². The third-order valence-corrected chi connectivity index (χ3v) is 5.66. The average molecular weight is 331 g/mol. The normalized spacial score (nSPS) is 28.1. The van der Waals surface area contributed by atoms with Gasteiger partial charge in [-0.25, -0.2) is 13.1 Å². The Labute approximate surface area is 133 Å². The summed E-state index contributed by atoms with van der Waals surface area (Å²) < 4.78 is 27.5. The number of benzene rings is 1. The summed E-state index contributed by atoms with van der Waals surface area (Å²) in [6.45, 7) is 1.98. The van der Waals surface area contributed by atoms with Gasteiger partial charge >= 0.3 is 0 Å². The Morgan fingerprint density at radius 3 is 2.52 bits per heavy atom. The van der Waals surface area contributed by atoms with E-state index in [9.17, 15) is 8.42 Å². The van der Waals surface area contributed by atoms with E-state index in [1.807, 2.05) is 31.2 Å². The molecule has 21 heavy (non-hydrogen) atoms. The van der Waals surface area contributed by atoms with Crippen molar-refractivity contribution in [3.8, 4) is 0 Å². The van der Waals surface area contributed by atoms with Gasteiger partial charge in [-0.2, -0.15) is 0 Å². The molecule has 0 aromatic heterocycles. The Morgan fingerprint density at radius 1 is 1.24 bits per heavy atom. The number of sulfonamides is 1. The second kappa shape index (κ2) is 6.65. The van der Waals surface area contributed by atoms with Crippen LogP contribution in [-0.4, -0.2) is 26.5 Å². The van der Waals surface area contributed by atoms with Crippen molar-refractivity contribution in [2.75, 3.05) is 0 Å². The zero-order chi connectivity index (χ0) is 14.2. The Balaban J connectivity index is 0.00000161. The van der Waals surface area contributed by atoms with E-state index in [0.29, 0.717) is 12.1 Å². The maximum atomic E-state index is 12.3. The minimum Gasteiger partial charge on any atom is -0.311 e. The molecule has 3 rings (SSSR count). The summed E-state index contributed by atoms with van der Waals surface area (Å²) in [5.41, 5.74) is 1.95. The molecule has 0 amide bonds. The van der Waals surface area contributed by atoms with Gasteiger partial charge in [0.05, 0.1) is 5.75 Å². The summed E-state index contributed by atoms with van der Waals surface area (Å²) in [7, 11) is -3.25. The van der Waals surface area contributed by atoms with Crippen LogP contribution in [-0.2, 0) is 15.8 Å². The lowest BCUT2D eigenvalue weighted by Crippen LogP contribution is -2.48. The number of rotatable bonds is 4. The van der Waals surface area contributed by atoms with Crippen LogP contribution >= 0.6 is 12.4 Å². The van der Waals surface area contributed by atoms with Crippen LogP contribution in [0.4, 0.5) is 0 Å². The first kappa shape index (κ1) is 16.7. The quantitative estimate of drug-likeness (QED) is 0.889. The van der Waals surface area contributed by atoms with Crippen molar-refractivity contribution in [3.63, 3.8) is 0 Å². The zero-order valence-electron chi connectivity index (χ0n) is 12.2. The number of piperidine rings is 1. The molecule has 2 aliphatic heterocycles. The van der Waals surface area contributed by atoms with E-state index in [0.717, 1.165) is 24.0 Å². The highest BCUT2D eigenvalue weighted by Crippen LogP contribution is 2.27. The molecule has 1 aromatic rings. The Kier molecular flexibility index (Phi) is 5.30. The van der Waals surface area contributed by atoms with E-state index in [1.54, 1.807) is 0 Å². The third kappa shape index (κ3) is 4.42. The number of nitrogens with one attached hydrogen (secondary N) is 2. The molecule has 2 N–H and O–H groups in total. The fraction of sp³-hybridized carbons (Fsp3) is 0.600. The van der Waals surface area contributed by atoms with Crippen LogP contribution in [0.5, 0.6) is 0 Å². The second-order valence-corrected chi connectivity index (χ2v) is 7.93. The molecular weight excluding hydrogens is 308 g/mol. The van der Waals surface area contributed by atoms with Crippen molar-refractivity contribution in [1.29, 1.82) is 0 Å². The van der Waals surface area contributed by atoms with Crippen molar-refractivity contribution < 1.29 is 8.42 Å². The molecule has 6 heteroatoms. The molecule has 2 unspecified atom stereocenters. The number of hydrogen-bond donors (Lipinski definition) is 2. The van der Waals surface area contributed by atoms with Gasteiger partial charge in [-0.1, -0.05) is 29.8 Å². The molecule has 2 saturated heterocycles. The van der Waals surface area contributed by atoms with Gasteiger partial charge in [0.25, 0.3) is 0 Å². The van der Waals surface area contributed by atoms with Crippen molar-refractivity contribution in [1.82, 2.24) is 10.0 Å². The summed E-state index contributed by atoms with van der Waals surface area (Å²) >= 11 is 0. The predicted octanol–water partition coefficient (Wildman–Crippen LogP) is 2.12. The van der Waals surface area contributed by atoms with Gasteiger partial charge in [-0.05, 0) is 38.2 Å². The lowest BCUT2D eigenvalue weighted by molar-refractivity contribution is 0.345. The fourth-order valence-electron chi connectivity index (χ4n) is 3.47. The minimum absolute atomic E-state index is 0. The first-order valence-electron chi connectivity index (χ1n) is 7.32. The molecule has 0 spiro atoms. The summed E-state index contributed by atoms with van der Waals surface area (Å²) in [5.74, 6) is 0.0773. The van der Waals surface area contributed by atoms with Crippen LogP contribution in [0.3, 0.4) is 0 Å².